The van der Waals surface area contributed by atoms with Crippen molar-refractivity contribution < 1.29 is 22.3 Å². The van der Waals surface area contributed by atoms with Gasteiger partial charge in [0.15, 0.2) is 0 Å². The number of ether oxygens (including phenoxy) is 1. The lowest BCUT2D eigenvalue weighted by atomic mass is 9.72. The number of hydrogen-bond acceptors (Lipinski definition) is 3. The smallest absolute Gasteiger partial charge is 0.416 e. The Hall–Kier alpha value is -4.32. The Balaban J connectivity index is 1.42. The molecule has 6 rings (SSSR count). The first-order chi connectivity index (χ1) is 18.9. The van der Waals surface area contributed by atoms with Crippen LogP contribution in [-0.4, -0.2) is 0 Å². The Bertz CT molecular complexity index is 1690. The number of benzene rings is 4. The third kappa shape index (κ3) is 5.07. The van der Waals surface area contributed by atoms with Gasteiger partial charge in [-0.25, -0.2) is 4.79 Å². The average Bonchev–Trinajstić information content (AvgIpc) is 2.95. The summed E-state index contributed by atoms with van der Waals surface area (Å²) in [6.45, 7) is 0.149. The molecular formula is C33H25F3O3. The van der Waals surface area contributed by atoms with Crippen LogP contribution in [0.2, 0.25) is 0 Å². The zero-order valence-corrected chi connectivity index (χ0v) is 20.9. The molecule has 0 fully saturated rings. The maximum absolute atomic E-state index is 13.7. The Morgan fingerprint density at radius 1 is 0.795 bits per heavy atom. The maximum Gasteiger partial charge on any atom is 0.416 e. The molecule has 5 aromatic rings. The van der Waals surface area contributed by atoms with Gasteiger partial charge in [0, 0.05) is 16.9 Å². The summed E-state index contributed by atoms with van der Waals surface area (Å²) in [6, 6.07) is 30.3. The van der Waals surface area contributed by atoms with Crippen LogP contribution in [0.1, 0.15) is 51.6 Å². The molecule has 1 heterocycles. The quantitative estimate of drug-likeness (QED) is 0.217. The highest BCUT2D eigenvalue weighted by molar-refractivity contribution is 5.77. The van der Waals surface area contributed by atoms with Gasteiger partial charge in [-0.05, 0) is 65.3 Å². The number of rotatable bonds is 5. The molecule has 0 saturated carbocycles. The van der Waals surface area contributed by atoms with E-state index in [0.29, 0.717) is 29.6 Å². The molecule has 0 aliphatic heterocycles. The normalized spacial score (nSPS) is 17.1. The van der Waals surface area contributed by atoms with Crippen LogP contribution < -0.4 is 10.4 Å². The first-order valence-electron chi connectivity index (χ1n) is 12.9. The lowest BCUT2D eigenvalue weighted by Crippen LogP contribution is -2.23. The van der Waals surface area contributed by atoms with E-state index in [1.165, 1.54) is 6.07 Å². The minimum absolute atomic E-state index is 0.149. The maximum atomic E-state index is 13.7. The average molecular weight is 527 g/mol. The standard InChI is InChI=1S/C33H25F3O3/c34-33(35,36)25-14-15-27(31(19-25)38-20-21-8-2-1-3-9-21)24-16-22-10-4-6-12-26(22)28(18-24)29-17-23-11-5-7-13-30(23)39-32(29)37/h1-15,17,19,24,28H,16,18,20H2. The molecule has 0 N–H and O–H groups in total. The molecule has 0 saturated heterocycles. The minimum atomic E-state index is -4.49. The third-order valence-corrected chi connectivity index (χ3v) is 7.48. The highest BCUT2D eigenvalue weighted by atomic mass is 19.4. The van der Waals surface area contributed by atoms with E-state index in [1.807, 2.05) is 78.9 Å². The highest BCUT2D eigenvalue weighted by Crippen LogP contribution is 2.46. The molecule has 196 valence electrons. The van der Waals surface area contributed by atoms with E-state index >= 15 is 0 Å². The molecule has 2 unspecified atom stereocenters. The predicted octanol–water partition coefficient (Wildman–Crippen LogP) is 8.25. The lowest BCUT2D eigenvalue weighted by Gasteiger charge is -2.32. The zero-order chi connectivity index (χ0) is 27.0. The van der Waals surface area contributed by atoms with Crippen LogP contribution in [0, 0.1) is 0 Å². The van der Waals surface area contributed by atoms with E-state index in [9.17, 15) is 18.0 Å². The van der Waals surface area contributed by atoms with Gasteiger partial charge in [0.2, 0.25) is 0 Å². The molecule has 4 aromatic carbocycles. The van der Waals surface area contributed by atoms with Crippen molar-refractivity contribution in [3.8, 4) is 5.75 Å². The van der Waals surface area contributed by atoms with Crippen LogP contribution in [0.4, 0.5) is 13.2 Å². The molecule has 0 amide bonds. The molecule has 6 heteroatoms. The molecular weight excluding hydrogens is 501 g/mol. The summed E-state index contributed by atoms with van der Waals surface area (Å²) in [5, 5.41) is 0.827. The van der Waals surface area contributed by atoms with Crippen molar-refractivity contribution in [1.82, 2.24) is 0 Å². The molecule has 1 aromatic heterocycles. The van der Waals surface area contributed by atoms with Gasteiger partial charge in [0.25, 0.3) is 0 Å². The van der Waals surface area contributed by atoms with E-state index in [0.717, 1.165) is 34.2 Å². The van der Waals surface area contributed by atoms with Crippen molar-refractivity contribution in [2.24, 2.45) is 0 Å². The van der Waals surface area contributed by atoms with E-state index in [4.69, 9.17) is 9.15 Å². The summed E-state index contributed by atoms with van der Waals surface area (Å²) >= 11 is 0. The first kappa shape index (κ1) is 25.0. The first-order valence-corrected chi connectivity index (χ1v) is 12.9. The SMILES string of the molecule is O=c1oc2ccccc2cc1C1CC(c2ccc(C(F)(F)F)cc2OCc2ccccc2)Cc2ccccc21. The molecule has 2 atom stereocenters. The summed E-state index contributed by atoms with van der Waals surface area (Å²) in [5.41, 5.74) is 3.57. The molecule has 39 heavy (non-hydrogen) atoms. The highest BCUT2D eigenvalue weighted by Gasteiger charge is 2.35. The van der Waals surface area contributed by atoms with Crippen LogP contribution in [0.3, 0.4) is 0 Å². The van der Waals surface area contributed by atoms with Crippen molar-refractivity contribution in [3.05, 3.63) is 147 Å². The van der Waals surface area contributed by atoms with Gasteiger partial charge in [0.1, 0.15) is 17.9 Å². The fraction of sp³-hybridized carbons (Fsp3) is 0.182. The lowest BCUT2D eigenvalue weighted by molar-refractivity contribution is -0.137. The van der Waals surface area contributed by atoms with E-state index in [-0.39, 0.29) is 24.2 Å². The monoisotopic (exact) mass is 526 g/mol. The van der Waals surface area contributed by atoms with Gasteiger partial charge in [-0.1, -0.05) is 78.9 Å². The van der Waals surface area contributed by atoms with Crippen molar-refractivity contribution in [1.29, 1.82) is 0 Å². The summed E-state index contributed by atoms with van der Waals surface area (Å²) in [5.74, 6) is -0.226. The van der Waals surface area contributed by atoms with Gasteiger partial charge in [0.05, 0.1) is 5.56 Å². The molecule has 0 bridgehead atoms. The summed E-state index contributed by atoms with van der Waals surface area (Å²) in [4.78, 5) is 13.2. The number of halogens is 3. The topological polar surface area (TPSA) is 39.4 Å². The third-order valence-electron chi connectivity index (χ3n) is 7.48. The molecule has 3 nitrogen and oxygen atoms in total. The molecule has 0 radical (unpaired) electrons. The Kier molecular flexibility index (Phi) is 6.47. The van der Waals surface area contributed by atoms with E-state index in [1.54, 1.807) is 6.07 Å². The summed E-state index contributed by atoms with van der Waals surface area (Å²) in [7, 11) is 0. The number of hydrogen-bond donors (Lipinski definition) is 0. The van der Waals surface area contributed by atoms with Crippen molar-refractivity contribution in [2.45, 2.75) is 37.5 Å². The largest absolute Gasteiger partial charge is 0.489 e. The van der Waals surface area contributed by atoms with Crippen LogP contribution in [-0.2, 0) is 19.2 Å². The van der Waals surface area contributed by atoms with Gasteiger partial charge in [-0.2, -0.15) is 13.2 Å². The van der Waals surface area contributed by atoms with Gasteiger partial charge < -0.3 is 9.15 Å². The van der Waals surface area contributed by atoms with Gasteiger partial charge >= 0.3 is 11.8 Å². The van der Waals surface area contributed by atoms with Gasteiger partial charge in [-0.15, -0.1) is 0 Å². The van der Waals surface area contributed by atoms with Crippen molar-refractivity contribution >= 4 is 11.0 Å². The van der Waals surface area contributed by atoms with E-state index < -0.39 is 17.4 Å². The van der Waals surface area contributed by atoms with Crippen molar-refractivity contribution in [2.75, 3.05) is 0 Å². The number of fused-ring (bicyclic) bond motifs is 2. The van der Waals surface area contributed by atoms with Crippen LogP contribution in [0.5, 0.6) is 5.75 Å². The predicted molar refractivity (Wildman–Crippen MR) is 144 cm³/mol. The minimum Gasteiger partial charge on any atom is -0.489 e. The van der Waals surface area contributed by atoms with Gasteiger partial charge in [-0.3, -0.25) is 0 Å². The second-order valence-corrected chi connectivity index (χ2v) is 9.94. The number of para-hydroxylation sites is 1. The van der Waals surface area contributed by atoms with Crippen LogP contribution in [0.15, 0.2) is 112 Å². The fourth-order valence-corrected chi connectivity index (χ4v) is 5.58. The van der Waals surface area contributed by atoms with E-state index in [2.05, 4.69) is 0 Å². The molecule has 0 spiro atoms. The molecule has 1 aliphatic rings. The Morgan fingerprint density at radius 2 is 1.54 bits per heavy atom. The molecule has 1 aliphatic carbocycles. The summed E-state index contributed by atoms with van der Waals surface area (Å²) < 4.78 is 52.7. The van der Waals surface area contributed by atoms with Crippen molar-refractivity contribution in [3.63, 3.8) is 0 Å². The second-order valence-electron chi connectivity index (χ2n) is 9.94. The Labute approximate surface area is 223 Å². The zero-order valence-electron chi connectivity index (χ0n) is 20.9. The Morgan fingerprint density at radius 3 is 2.36 bits per heavy atom. The van der Waals surface area contributed by atoms with Crippen LogP contribution >= 0.6 is 0 Å². The fourth-order valence-electron chi connectivity index (χ4n) is 5.58. The number of alkyl halides is 3. The van der Waals surface area contributed by atoms with Crippen LogP contribution in [0.25, 0.3) is 11.0 Å². The second kappa shape index (κ2) is 10.1. The summed E-state index contributed by atoms with van der Waals surface area (Å²) in [6.07, 6.45) is -3.33.